The average Bonchev–Trinajstić information content (AvgIpc) is 2.88. The lowest BCUT2D eigenvalue weighted by molar-refractivity contribution is -0.116. The summed E-state index contributed by atoms with van der Waals surface area (Å²) in [5.74, 6) is -0.0551. The number of aromatic nitrogens is 2. The van der Waals surface area contributed by atoms with Gasteiger partial charge in [-0.05, 0) is 37.0 Å². The summed E-state index contributed by atoms with van der Waals surface area (Å²) >= 11 is 7.47. The molecule has 0 fully saturated rings. The third-order valence-electron chi connectivity index (χ3n) is 2.89. The van der Waals surface area contributed by atoms with Crippen LogP contribution >= 0.6 is 22.9 Å². The zero-order valence-corrected chi connectivity index (χ0v) is 13.0. The molecule has 2 aromatic rings. The fraction of sp³-hybridized carbons (Fsp3) is 0.357. The lowest BCUT2D eigenvalue weighted by atomic mass is 10.1. The van der Waals surface area contributed by atoms with E-state index < -0.39 is 0 Å². The number of nitrogens with one attached hydrogen (secondary N) is 1. The second-order valence-electron chi connectivity index (χ2n) is 4.49. The van der Waals surface area contributed by atoms with E-state index in [9.17, 15) is 4.79 Å². The van der Waals surface area contributed by atoms with Crippen LogP contribution in [0.3, 0.4) is 0 Å². The standard InChI is InChI=1S/C14H16ClN3OS/c1-3-13-17-18-14(20-13)16-12(19)7-6-10-5-4-9(2)11(15)8-10/h4-5,8H,3,6-7H2,1-2H3,(H,16,18,19). The number of hydrogen-bond donors (Lipinski definition) is 1. The molecule has 4 nitrogen and oxygen atoms in total. The first-order valence-electron chi connectivity index (χ1n) is 6.45. The fourth-order valence-electron chi connectivity index (χ4n) is 1.68. The second-order valence-corrected chi connectivity index (χ2v) is 5.96. The normalized spacial score (nSPS) is 10.6. The molecule has 0 aliphatic carbocycles. The van der Waals surface area contributed by atoms with Crippen LogP contribution in [0.2, 0.25) is 5.02 Å². The van der Waals surface area contributed by atoms with Crippen molar-refractivity contribution < 1.29 is 4.79 Å². The topological polar surface area (TPSA) is 54.9 Å². The summed E-state index contributed by atoms with van der Waals surface area (Å²) in [5.41, 5.74) is 2.10. The molecule has 1 N–H and O–H groups in total. The van der Waals surface area contributed by atoms with Crippen molar-refractivity contribution in [1.29, 1.82) is 0 Å². The molecule has 106 valence electrons. The van der Waals surface area contributed by atoms with Gasteiger partial charge in [-0.1, -0.05) is 42.0 Å². The van der Waals surface area contributed by atoms with Crippen LogP contribution in [0.5, 0.6) is 0 Å². The van der Waals surface area contributed by atoms with Crippen molar-refractivity contribution in [1.82, 2.24) is 10.2 Å². The molecule has 0 radical (unpaired) electrons. The molecule has 0 spiro atoms. The fourth-order valence-corrected chi connectivity index (χ4v) is 2.58. The van der Waals surface area contributed by atoms with Gasteiger partial charge in [-0.2, -0.15) is 0 Å². The lowest BCUT2D eigenvalue weighted by Crippen LogP contribution is -2.12. The van der Waals surface area contributed by atoms with Gasteiger partial charge in [-0.15, -0.1) is 10.2 Å². The van der Waals surface area contributed by atoms with E-state index in [1.54, 1.807) is 0 Å². The Balaban J connectivity index is 1.87. The number of anilines is 1. The van der Waals surface area contributed by atoms with Gasteiger partial charge in [0.1, 0.15) is 5.01 Å². The zero-order valence-electron chi connectivity index (χ0n) is 11.4. The van der Waals surface area contributed by atoms with Crippen molar-refractivity contribution in [2.45, 2.75) is 33.1 Å². The number of halogens is 1. The minimum atomic E-state index is -0.0551. The molecule has 0 aliphatic heterocycles. The van der Waals surface area contributed by atoms with Gasteiger partial charge in [0.25, 0.3) is 0 Å². The molecular formula is C14H16ClN3OS. The number of rotatable bonds is 5. The van der Waals surface area contributed by atoms with Gasteiger partial charge in [0.2, 0.25) is 11.0 Å². The Morgan fingerprint density at radius 2 is 2.20 bits per heavy atom. The number of aryl methyl sites for hydroxylation is 3. The van der Waals surface area contributed by atoms with Crippen LogP contribution in [0.4, 0.5) is 5.13 Å². The molecule has 1 aromatic carbocycles. The van der Waals surface area contributed by atoms with E-state index in [0.717, 1.165) is 27.6 Å². The molecule has 1 heterocycles. The number of amides is 1. The average molecular weight is 310 g/mol. The van der Waals surface area contributed by atoms with E-state index in [1.165, 1.54) is 11.3 Å². The van der Waals surface area contributed by atoms with Crippen molar-refractivity contribution in [3.8, 4) is 0 Å². The lowest BCUT2D eigenvalue weighted by Gasteiger charge is -2.04. The van der Waals surface area contributed by atoms with Crippen LogP contribution in [0.1, 0.15) is 29.5 Å². The molecule has 0 atom stereocenters. The van der Waals surface area contributed by atoms with Crippen molar-refractivity contribution in [3.05, 3.63) is 39.4 Å². The van der Waals surface area contributed by atoms with Crippen LogP contribution in [0, 0.1) is 6.92 Å². The Bertz CT molecular complexity index is 612. The highest BCUT2D eigenvalue weighted by atomic mass is 35.5. The van der Waals surface area contributed by atoms with Crippen molar-refractivity contribution in [2.75, 3.05) is 5.32 Å². The maximum Gasteiger partial charge on any atom is 0.226 e. The van der Waals surface area contributed by atoms with Crippen LogP contribution in [0.25, 0.3) is 0 Å². The molecule has 1 amide bonds. The van der Waals surface area contributed by atoms with Gasteiger partial charge in [0.05, 0.1) is 0 Å². The molecule has 0 unspecified atom stereocenters. The maximum absolute atomic E-state index is 11.8. The monoisotopic (exact) mass is 309 g/mol. The van der Waals surface area contributed by atoms with E-state index in [1.807, 2.05) is 32.0 Å². The first-order valence-corrected chi connectivity index (χ1v) is 7.65. The Morgan fingerprint density at radius 1 is 1.40 bits per heavy atom. The van der Waals surface area contributed by atoms with Crippen LogP contribution in [-0.4, -0.2) is 16.1 Å². The van der Waals surface area contributed by atoms with Crippen LogP contribution < -0.4 is 5.32 Å². The van der Waals surface area contributed by atoms with Crippen LogP contribution in [0.15, 0.2) is 18.2 Å². The molecule has 2 rings (SSSR count). The Labute approximate surface area is 127 Å². The van der Waals surface area contributed by atoms with E-state index in [2.05, 4.69) is 15.5 Å². The third-order valence-corrected chi connectivity index (χ3v) is 4.28. The highest BCUT2D eigenvalue weighted by molar-refractivity contribution is 7.15. The summed E-state index contributed by atoms with van der Waals surface area (Å²) in [6, 6.07) is 5.87. The summed E-state index contributed by atoms with van der Waals surface area (Å²) in [6.07, 6.45) is 1.89. The van der Waals surface area contributed by atoms with Gasteiger partial charge in [0.15, 0.2) is 0 Å². The molecule has 20 heavy (non-hydrogen) atoms. The molecule has 1 aromatic heterocycles. The quantitative estimate of drug-likeness (QED) is 0.917. The number of carbonyl (C=O) groups is 1. The first kappa shape index (κ1) is 14.9. The summed E-state index contributed by atoms with van der Waals surface area (Å²) in [6.45, 7) is 3.97. The SMILES string of the molecule is CCc1nnc(NC(=O)CCc2ccc(C)c(Cl)c2)s1. The van der Waals surface area contributed by atoms with E-state index in [0.29, 0.717) is 18.0 Å². The Hall–Kier alpha value is -1.46. The predicted molar refractivity (Wildman–Crippen MR) is 82.4 cm³/mol. The summed E-state index contributed by atoms with van der Waals surface area (Å²) < 4.78 is 0. The Morgan fingerprint density at radius 3 is 2.85 bits per heavy atom. The Kier molecular flexibility index (Phi) is 5.09. The van der Waals surface area contributed by atoms with Crippen LogP contribution in [-0.2, 0) is 17.6 Å². The van der Waals surface area contributed by atoms with Crippen molar-refractivity contribution in [2.24, 2.45) is 0 Å². The minimum Gasteiger partial charge on any atom is -0.301 e. The largest absolute Gasteiger partial charge is 0.301 e. The van der Waals surface area contributed by atoms with Gasteiger partial charge in [-0.25, -0.2) is 0 Å². The summed E-state index contributed by atoms with van der Waals surface area (Å²) in [7, 11) is 0. The number of hydrogen-bond acceptors (Lipinski definition) is 4. The van der Waals surface area contributed by atoms with E-state index in [4.69, 9.17) is 11.6 Å². The van der Waals surface area contributed by atoms with E-state index in [-0.39, 0.29) is 5.91 Å². The molecule has 6 heteroatoms. The molecule has 0 saturated heterocycles. The van der Waals surface area contributed by atoms with Gasteiger partial charge in [-0.3, -0.25) is 4.79 Å². The second kappa shape index (κ2) is 6.81. The van der Waals surface area contributed by atoms with Crippen molar-refractivity contribution >= 4 is 34.0 Å². The molecular weight excluding hydrogens is 294 g/mol. The molecule has 0 saturated carbocycles. The third kappa shape index (κ3) is 4.02. The maximum atomic E-state index is 11.8. The highest BCUT2D eigenvalue weighted by Crippen LogP contribution is 2.18. The predicted octanol–water partition coefficient (Wildman–Crippen LogP) is 3.63. The summed E-state index contributed by atoms with van der Waals surface area (Å²) in [5, 5.41) is 12.9. The van der Waals surface area contributed by atoms with Gasteiger partial charge >= 0.3 is 0 Å². The number of benzene rings is 1. The van der Waals surface area contributed by atoms with E-state index >= 15 is 0 Å². The van der Waals surface area contributed by atoms with Crippen molar-refractivity contribution in [3.63, 3.8) is 0 Å². The zero-order chi connectivity index (χ0) is 14.5. The van der Waals surface area contributed by atoms with Gasteiger partial charge < -0.3 is 5.32 Å². The van der Waals surface area contributed by atoms with Gasteiger partial charge in [0, 0.05) is 11.4 Å². The molecule has 0 aliphatic rings. The number of nitrogens with zero attached hydrogens (tertiary/aromatic N) is 2. The minimum absolute atomic E-state index is 0.0551. The smallest absolute Gasteiger partial charge is 0.226 e. The molecule has 0 bridgehead atoms. The number of carbonyl (C=O) groups excluding carboxylic acids is 1. The highest BCUT2D eigenvalue weighted by Gasteiger charge is 2.08. The first-order chi connectivity index (χ1) is 9.58. The summed E-state index contributed by atoms with van der Waals surface area (Å²) in [4.78, 5) is 11.8.